The van der Waals surface area contributed by atoms with Crippen molar-refractivity contribution in [2.24, 2.45) is 0 Å². The summed E-state index contributed by atoms with van der Waals surface area (Å²) in [5.74, 6) is -0.236. The van der Waals surface area contributed by atoms with E-state index in [-0.39, 0.29) is 16.9 Å². The molecule has 3 aromatic rings. The molecule has 3 rings (SSSR count). The standard InChI is InChI=1S/C20H17NO2/c1-13-7-9-15(10-8-13)11-12-17-16-5-3-4-6-18(16)21-20(23)19(17)14(2)22/h3-12H,1-2H3,(H,21,23)/b12-11+. The van der Waals surface area contributed by atoms with Gasteiger partial charge in [0.1, 0.15) is 0 Å². The van der Waals surface area contributed by atoms with Crippen molar-refractivity contribution >= 4 is 28.8 Å². The molecule has 0 spiro atoms. The summed E-state index contributed by atoms with van der Waals surface area (Å²) >= 11 is 0. The molecule has 1 aromatic heterocycles. The van der Waals surface area contributed by atoms with Crippen LogP contribution >= 0.6 is 0 Å². The quantitative estimate of drug-likeness (QED) is 0.737. The first kappa shape index (κ1) is 15.0. The number of aromatic nitrogens is 1. The average molecular weight is 303 g/mol. The van der Waals surface area contributed by atoms with E-state index in [1.54, 1.807) is 0 Å². The van der Waals surface area contributed by atoms with E-state index in [1.807, 2.05) is 67.6 Å². The smallest absolute Gasteiger partial charge is 0.259 e. The van der Waals surface area contributed by atoms with Crippen molar-refractivity contribution in [2.75, 3.05) is 0 Å². The zero-order valence-corrected chi connectivity index (χ0v) is 13.1. The van der Waals surface area contributed by atoms with Crippen LogP contribution in [0, 0.1) is 6.92 Å². The lowest BCUT2D eigenvalue weighted by Crippen LogP contribution is -2.18. The van der Waals surface area contributed by atoms with Gasteiger partial charge in [-0.3, -0.25) is 9.59 Å². The highest BCUT2D eigenvalue weighted by molar-refractivity contribution is 6.04. The number of para-hydroxylation sites is 1. The number of aryl methyl sites for hydroxylation is 1. The summed E-state index contributed by atoms with van der Waals surface area (Å²) in [4.78, 5) is 26.9. The zero-order valence-electron chi connectivity index (χ0n) is 13.1. The normalized spacial score (nSPS) is 11.2. The minimum Gasteiger partial charge on any atom is -0.321 e. The Morgan fingerprint density at radius 3 is 2.39 bits per heavy atom. The molecular formula is C20H17NO2. The van der Waals surface area contributed by atoms with Crippen molar-refractivity contribution in [3.8, 4) is 0 Å². The summed E-state index contributed by atoms with van der Waals surface area (Å²) in [6.45, 7) is 3.45. The summed E-state index contributed by atoms with van der Waals surface area (Å²) in [5.41, 5.74) is 3.46. The Labute approximate surface area is 134 Å². The van der Waals surface area contributed by atoms with Crippen LogP contribution in [0.5, 0.6) is 0 Å². The maximum atomic E-state index is 12.2. The number of pyridine rings is 1. The molecule has 0 radical (unpaired) electrons. The molecule has 0 atom stereocenters. The number of carbonyl (C=O) groups excluding carboxylic acids is 1. The van der Waals surface area contributed by atoms with Crippen LogP contribution in [0.3, 0.4) is 0 Å². The van der Waals surface area contributed by atoms with Gasteiger partial charge in [0, 0.05) is 16.5 Å². The van der Waals surface area contributed by atoms with Gasteiger partial charge in [0.15, 0.2) is 5.78 Å². The lowest BCUT2D eigenvalue weighted by Gasteiger charge is -2.07. The van der Waals surface area contributed by atoms with Crippen LogP contribution in [0.25, 0.3) is 23.1 Å². The Hall–Kier alpha value is -2.94. The maximum Gasteiger partial charge on any atom is 0.259 e. The highest BCUT2D eigenvalue weighted by Gasteiger charge is 2.14. The van der Waals surface area contributed by atoms with Gasteiger partial charge < -0.3 is 4.98 Å². The van der Waals surface area contributed by atoms with Gasteiger partial charge in [-0.15, -0.1) is 0 Å². The molecule has 114 valence electrons. The van der Waals surface area contributed by atoms with E-state index in [0.717, 1.165) is 16.5 Å². The van der Waals surface area contributed by atoms with Crippen molar-refractivity contribution in [1.29, 1.82) is 0 Å². The lowest BCUT2D eigenvalue weighted by atomic mass is 9.99. The van der Waals surface area contributed by atoms with Gasteiger partial charge in [0.05, 0.1) is 5.56 Å². The Morgan fingerprint density at radius 2 is 1.70 bits per heavy atom. The minimum atomic E-state index is -0.347. The number of ketones is 1. The lowest BCUT2D eigenvalue weighted by molar-refractivity contribution is 0.101. The molecular weight excluding hydrogens is 286 g/mol. The van der Waals surface area contributed by atoms with Gasteiger partial charge >= 0.3 is 0 Å². The molecule has 0 aliphatic rings. The first-order valence-corrected chi connectivity index (χ1v) is 7.47. The topological polar surface area (TPSA) is 49.9 Å². The minimum absolute atomic E-state index is 0.201. The van der Waals surface area contributed by atoms with Crippen LogP contribution in [0.1, 0.15) is 34.0 Å². The van der Waals surface area contributed by atoms with Crippen LogP contribution in [-0.2, 0) is 0 Å². The van der Waals surface area contributed by atoms with Crippen LogP contribution < -0.4 is 5.56 Å². The second-order valence-corrected chi connectivity index (χ2v) is 5.59. The summed E-state index contributed by atoms with van der Waals surface area (Å²) in [5, 5.41) is 0.862. The molecule has 0 amide bonds. The molecule has 1 N–H and O–H groups in total. The fourth-order valence-corrected chi connectivity index (χ4v) is 2.65. The van der Waals surface area contributed by atoms with Crippen molar-refractivity contribution in [1.82, 2.24) is 4.98 Å². The van der Waals surface area contributed by atoms with Gasteiger partial charge in [0.25, 0.3) is 5.56 Å². The number of H-pyrrole nitrogens is 1. The monoisotopic (exact) mass is 303 g/mol. The summed E-state index contributed by atoms with van der Waals surface area (Å²) in [6, 6.07) is 15.6. The molecule has 23 heavy (non-hydrogen) atoms. The Balaban J connectivity index is 2.21. The number of hydrogen-bond donors (Lipinski definition) is 1. The molecule has 0 saturated carbocycles. The fraction of sp³-hybridized carbons (Fsp3) is 0.100. The highest BCUT2D eigenvalue weighted by Crippen LogP contribution is 2.21. The Kier molecular flexibility index (Phi) is 3.94. The largest absolute Gasteiger partial charge is 0.321 e. The molecule has 0 saturated heterocycles. The van der Waals surface area contributed by atoms with E-state index >= 15 is 0 Å². The van der Waals surface area contributed by atoms with Gasteiger partial charge in [-0.2, -0.15) is 0 Å². The number of carbonyl (C=O) groups is 1. The van der Waals surface area contributed by atoms with E-state index in [0.29, 0.717) is 5.56 Å². The third-order valence-electron chi connectivity index (χ3n) is 3.83. The number of rotatable bonds is 3. The van der Waals surface area contributed by atoms with Crippen molar-refractivity contribution in [2.45, 2.75) is 13.8 Å². The van der Waals surface area contributed by atoms with Crippen molar-refractivity contribution in [3.63, 3.8) is 0 Å². The van der Waals surface area contributed by atoms with E-state index in [1.165, 1.54) is 12.5 Å². The predicted molar refractivity (Wildman–Crippen MR) is 94.7 cm³/mol. The van der Waals surface area contributed by atoms with Gasteiger partial charge in [-0.25, -0.2) is 0 Å². The molecule has 0 aliphatic carbocycles. The molecule has 1 heterocycles. The number of benzene rings is 2. The van der Waals surface area contributed by atoms with Crippen LogP contribution in [0.4, 0.5) is 0 Å². The fourth-order valence-electron chi connectivity index (χ4n) is 2.65. The molecule has 2 aromatic carbocycles. The van der Waals surface area contributed by atoms with E-state index in [4.69, 9.17) is 0 Å². The molecule has 0 fully saturated rings. The molecule has 3 heteroatoms. The van der Waals surface area contributed by atoms with Crippen LogP contribution in [0.15, 0.2) is 53.3 Å². The van der Waals surface area contributed by atoms with Crippen LogP contribution in [-0.4, -0.2) is 10.8 Å². The summed E-state index contributed by atoms with van der Waals surface area (Å²) < 4.78 is 0. The van der Waals surface area contributed by atoms with Gasteiger partial charge in [-0.05, 0) is 25.5 Å². The molecule has 0 unspecified atom stereocenters. The Morgan fingerprint density at radius 1 is 1.00 bits per heavy atom. The molecule has 0 bridgehead atoms. The average Bonchev–Trinajstić information content (AvgIpc) is 2.53. The zero-order chi connectivity index (χ0) is 16.4. The number of fused-ring (bicyclic) bond motifs is 1. The number of Topliss-reactive ketones (excluding diaryl/α,β-unsaturated/α-hetero) is 1. The van der Waals surface area contributed by atoms with Gasteiger partial charge in [-0.1, -0.05) is 60.2 Å². The Bertz CT molecular complexity index is 963. The first-order valence-electron chi connectivity index (χ1n) is 7.47. The maximum absolute atomic E-state index is 12.2. The predicted octanol–water partition coefficient (Wildman–Crippen LogP) is 4.21. The van der Waals surface area contributed by atoms with E-state index in [2.05, 4.69) is 4.98 Å². The van der Waals surface area contributed by atoms with E-state index < -0.39 is 0 Å². The van der Waals surface area contributed by atoms with Crippen LogP contribution in [0.2, 0.25) is 0 Å². The summed E-state index contributed by atoms with van der Waals surface area (Å²) in [7, 11) is 0. The third-order valence-corrected chi connectivity index (χ3v) is 3.83. The second kappa shape index (κ2) is 6.05. The SMILES string of the molecule is CC(=O)c1c(/C=C/c2ccc(C)cc2)c2ccccc2[nH]c1=O. The highest BCUT2D eigenvalue weighted by atomic mass is 16.1. The summed E-state index contributed by atoms with van der Waals surface area (Å²) in [6.07, 6.45) is 3.77. The molecule has 3 nitrogen and oxygen atoms in total. The third kappa shape index (κ3) is 2.99. The van der Waals surface area contributed by atoms with Gasteiger partial charge in [0.2, 0.25) is 0 Å². The molecule has 0 aliphatic heterocycles. The number of hydrogen-bond acceptors (Lipinski definition) is 2. The van der Waals surface area contributed by atoms with E-state index in [9.17, 15) is 9.59 Å². The van der Waals surface area contributed by atoms with Crippen molar-refractivity contribution < 1.29 is 4.79 Å². The number of aromatic amines is 1. The first-order chi connectivity index (χ1) is 11.1. The van der Waals surface area contributed by atoms with Crippen molar-refractivity contribution in [3.05, 3.63) is 81.1 Å². The number of nitrogens with one attached hydrogen (secondary N) is 1. The second-order valence-electron chi connectivity index (χ2n) is 5.59.